The number of amides is 5. The van der Waals surface area contributed by atoms with Crippen molar-refractivity contribution in [2.75, 3.05) is 19.6 Å². The Balaban J connectivity index is 1.11. The number of halogens is 4. The van der Waals surface area contributed by atoms with Crippen LogP contribution in [0.5, 0.6) is 0 Å². The normalized spacial score (nSPS) is 19.9. The Hall–Kier alpha value is -4.95. The molecule has 11 nitrogen and oxygen atoms in total. The average Bonchev–Trinajstić information content (AvgIpc) is 3.76. The number of aromatic nitrogens is 2. The number of carbonyl (C=O) groups is 4. The number of fused-ring (bicyclic) bond motifs is 2. The van der Waals surface area contributed by atoms with Crippen molar-refractivity contribution in [3.8, 4) is 11.1 Å². The molecule has 1 spiro atoms. The number of likely N-dealkylation sites (tertiary alicyclic amines) is 1. The summed E-state index contributed by atoms with van der Waals surface area (Å²) < 4.78 is 62.2. The number of alkyl halides is 3. The lowest BCUT2D eigenvalue weighted by Crippen LogP contribution is -2.51. The molecule has 278 valence electrons. The Labute approximate surface area is 298 Å². The number of nitrogens with one attached hydrogen (secondary N) is 1. The second-order valence-corrected chi connectivity index (χ2v) is 14.8. The van der Waals surface area contributed by atoms with Gasteiger partial charge < -0.3 is 19.9 Å². The van der Waals surface area contributed by atoms with Gasteiger partial charge in [0, 0.05) is 37.9 Å². The summed E-state index contributed by atoms with van der Waals surface area (Å²) in [6, 6.07) is 7.13. The molecule has 2 saturated heterocycles. The molecule has 15 heteroatoms. The van der Waals surface area contributed by atoms with Crippen LogP contribution < -0.4 is 5.32 Å². The molecule has 52 heavy (non-hydrogen) atoms. The highest BCUT2D eigenvalue weighted by atomic mass is 19.4. The van der Waals surface area contributed by atoms with Crippen LogP contribution >= 0.6 is 0 Å². The van der Waals surface area contributed by atoms with Crippen LogP contribution in [0.3, 0.4) is 0 Å². The first-order chi connectivity index (χ1) is 24.4. The fourth-order valence-electron chi connectivity index (χ4n) is 7.11. The first kappa shape index (κ1) is 36.8. The van der Waals surface area contributed by atoms with E-state index in [4.69, 9.17) is 4.74 Å². The van der Waals surface area contributed by atoms with E-state index < -0.39 is 60.1 Å². The molecule has 0 saturated carbocycles. The minimum atomic E-state index is -4.78. The van der Waals surface area contributed by atoms with Gasteiger partial charge in [0.15, 0.2) is 0 Å². The smallest absolute Gasteiger partial charge is 0.410 e. The van der Waals surface area contributed by atoms with Gasteiger partial charge in [0.05, 0.1) is 6.20 Å². The van der Waals surface area contributed by atoms with Crippen LogP contribution in [0.25, 0.3) is 11.1 Å². The molecule has 0 radical (unpaired) electrons. The van der Waals surface area contributed by atoms with Gasteiger partial charge in [-0.1, -0.05) is 30.3 Å². The zero-order chi connectivity index (χ0) is 37.6. The first-order valence-electron chi connectivity index (χ1n) is 17.3. The topological polar surface area (TPSA) is 117 Å². The third-order valence-electron chi connectivity index (χ3n) is 10.0. The molecule has 2 atom stereocenters. The number of imide groups is 1. The SMILES string of the molecule is C[C@H](N(Cc1ccc(F)cc1)C(=O)CN1C(=O)N[C@]2(CCc3cc(-c4cnn(CC5CCN(C(=O)OC(C)(C)C)CC5)c4)ccc32)C1=O)C(F)(F)F. The molecule has 0 unspecified atom stereocenters. The van der Waals surface area contributed by atoms with Crippen LogP contribution in [0.2, 0.25) is 0 Å². The molecule has 1 aliphatic carbocycles. The van der Waals surface area contributed by atoms with Crippen LogP contribution in [0.15, 0.2) is 54.9 Å². The van der Waals surface area contributed by atoms with E-state index in [9.17, 15) is 36.7 Å². The molecular formula is C37H42F4N6O5. The van der Waals surface area contributed by atoms with E-state index in [1.54, 1.807) is 17.2 Å². The Morgan fingerprint density at radius 2 is 1.75 bits per heavy atom. The van der Waals surface area contributed by atoms with Crippen LogP contribution in [0.1, 0.15) is 63.6 Å². The lowest BCUT2D eigenvalue weighted by molar-refractivity contribution is -0.187. The second-order valence-electron chi connectivity index (χ2n) is 14.8. The van der Waals surface area contributed by atoms with Crippen LogP contribution in [0.4, 0.5) is 27.2 Å². The van der Waals surface area contributed by atoms with E-state index in [0.29, 0.717) is 47.3 Å². The summed E-state index contributed by atoms with van der Waals surface area (Å²) in [6.45, 7) is 6.89. The number of piperidine rings is 1. The molecular weight excluding hydrogens is 684 g/mol. The number of aryl methyl sites for hydroxylation is 1. The van der Waals surface area contributed by atoms with Gasteiger partial charge in [-0.15, -0.1) is 0 Å². The summed E-state index contributed by atoms with van der Waals surface area (Å²) in [4.78, 5) is 55.8. The largest absolute Gasteiger partial charge is 0.444 e. The van der Waals surface area contributed by atoms with Crippen molar-refractivity contribution in [2.45, 2.75) is 89.8 Å². The number of hydrogen-bond donors (Lipinski definition) is 1. The molecule has 5 amide bonds. The third kappa shape index (κ3) is 7.63. The van der Waals surface area contributed by atoms with Crippen molar-refractivity contribution in [2.24, 2.45) is 5.92 Å². The lowest BCUT2D eigenvalue weighted by atomic mass is 9.90. The highest BCUT2D eigenvalue weighted by Gasteiger charge is 2.56. The summed E-state index contributed by atoms with van der Waals surface area (Å²) in [7, 11) is 0. The first-order valence-corrected chi connectivity index (χ1v) is 17.3. The number of hydrogen-bond acceptors (Lipinski definition) is 6. The fraction of sp³-hybridized carbons (Fsp3) is 0.486. The molecule has 6 rings (SSSR count). The van der Waals surface area contributed by atoms with Gasteiger partial charge in [-0.25, -0.2) is 14.0 Å². The predicted molar refractivity (Wildman–Crippen MR) is 181 cm³/mol. The molecule has 2 aliphatic heterocycles. The van der Waals surface area contributed by atoms with Gasteiger partial charge in [-0.05, 0) is 93.7 Å². The third-order valence-corrected chi connectivity index (χ3v) is 10.0. The van der Waals surface area contributed by atoms with Crippen molar-refractivity contribution in [1.29, 1.82) is 0 Å². The van der Waals surface area contributed by atoms with Crippen molar-refractivity contribution < 1.29 is 41.5 Å². The van der Waals surface area contributed by atoms with Gasteiger partial charge in [0.25, 0.3) is 5.91 Å². The van der Waals surface area contributed by atoms with Gasteiger partial charge in [0.1, 0.15) is 29.5 Å². The number of urea groups is 1. The Morgan fingerprint density at radius 3 is 2.40 bits per heavy atom. The van der Waals surface area contributed by atoms with Crippen molar-refractivity contribution in [3.05, 3.63) is 77.4 Å². The summed E-state index contributed by atoms with van der Waals surface area (Å²) in [5.74, 6) is -2.03. The van der Waals surface area contributed by atoms with Gasteiger partial charge in [-0.2, -0.15) is 18.3 Å². The van der Waals surface area contributed by atoms with Crippen LogP contribution in [-0.2, 0) is 39.4 Å². The van der Waals surface area contributed by atoms with E-state index in [1.807, 2.05) is 43.8 Å². The zero-order valence-electron chi connectivity index (χ0n) is 29.5. The molecule has 0 bridgehead atoms. The number of ether oxygens (including phenoxy) is 1. The Bertz CT molecular complexity index is 1850. The van der Waals surface area contributed by atoms with E-state index in [1.165, 1.54) is 12.1 Å². The summed E-state index contributed by atoms with van der Waals surface area (Å²) in [5.41, 5.74) is 1.39. The van der Waals surface area contributed by atoms with E-state index in [2.05, 4.69) is 10.4 Å². The maximum Gasteiger partial charge on any atom is 0.410 e. The molecule has 2 fully saturated rings. The zero-order valence-corrected chi connectivity index (χ0v) is 29.5. The number of benzene rings is 2. The Morgan fingerprint density at radius 1 is 1.06 bits per heavy atom. The minimum Gasteiger partial charge on any atom is -0.444 e. The van der Waals surface area contributed by atoms with Gasteiger partial charge in [-0.3, -0.25) is 19.2 Å². The quantitative estimate of drug-likeness (QED) is 0.225. The Kier molecular flexibility index (Phi) is 9.83. The second kappa shape index (κ2) is 13.9. The highest BCUT2D eigenvalue weighted by Crippen LogP contribution is 2.43. The molecule has 1 N–H and O–H groups in total. The fourth-order valence-corrected chi connectivity index (χ4v) is 7.11. The van der Waals surface area contributed by atoms with Crippen molar-refractivity contribution >= 4 is 23.9 Å². The standard InChI is InChI=1S/C37H42F4N6O5/c1-23(37(39,40)41)46(20-24-5-8-29(38)9-6-24)31(48)22-47-32(49)36(43-33(47)50)14-11-27-17-26(7-10-30(27)36)28-18-42-45(21-28)19-25-12-15-44(16-13-25)34(51)52-35(2,3)4/h5-10,17-18,21,23,25H,11-16,19-20,22H2,1-4H3,(H,43,50)/t23-,36-/m0/s1. The summed E-state index contributed by atoms with van der Waals surface area (Å²) in [5, 5.41) is 7.28. The molecule has 3 heterocycles. The van der Waals surface area contributed by atoms with Gasteiger partial charge >= 0.3 is 18.3 Å². The summed E-state index contributed by atoms with van der Waals surface area (Å²) >= 11 is 0. The lowest BCUT2D eigenvalue weighted by Gasteiger charge is -2.33. The van der Waals surface area contributed by atoms with Crippen LogP contribution in [-0.4, -0.2) is 85.9 Å². The molecule has 2 aromatic carbocycles. The molecule has 1 aromatic heterocycles. The molecule has 3 aliphatic rings. The average molecular weight is 727 g/mol. The minimum absolute atomic E-state index is 0.223. The van der Waals surface area contributed by atoms with Crippen molar-refractivity contribution in [1.82, 2.24) is 29.8 Å². The van der Waals surface area contributed by atoms with E-state index in [-0.39, 0.29) is 18.1 Å². The predicted octanol–water partition coefficient (Wildman–Crippen LogP) is 6.01. The maximum atomic E-state index is 13.9. The number of nitrogens with zero attached hydrogens (tertiary/aromatic N) is 5. The van der Waals surface area contributed by atoms with Crippen LogP contribution in [0, 0.1) is 11.7 Å². The summed E-state index contributed by atoms with van der Waals surface area (Å²) in [6.07, 6.45) is 0.945. The highest BCUT2D eigenvalue weighted by molar-refractivity contribution is 6.10. The van der Waals surface area contributed by atoms with Gasteiger partial charge in [0.2, 0.25) is 5.91 Å². The van der Waals surface area contributed by atoms with E-state index >= 15 is 0 Å². The van der Waals surface area contributed by atoms with E-state index in [0.717, 1.165) is 48.6 Å². The molecule has 3 aromatic rings. The maximum absolute atomic E-state index is 13.9. The number of rotatable bonds is 8. The monoisotopic (exact) mass is 726 g/mol. The van der Waals surface area contributed by atoms with Crippen molar-refractivity contribution in [3.63, 3.8) is 0 Å². The number of carbonyl (C=O) groups excluding carboxylic acids is 4.